The minimum atomic E-state index is 0. The second kappa shape index (κ2) is 5.66. The maximum absolute atomic E-state index is 12.3. The summed E-state index contributed by atoms with van der Waals surface area (Å²) in [6.07, 6.45) is 6.24. The lowest BCUT2D eigenvalue weighted by Crippen LogP contribution is -2.32. The molecular weight excluding hydrogens is 292 g/mol. The van der Waals surface area contributed by atoms with E-state index in [9.17, 15) is 4.79 Å². The number of fused-ring (bicyclic) bond motifs is 2. The molecule has 1 aromatic rings. The second-order valence-electron chi connectivity index (χ2n) is 6.10. The van der Waals surface area contributed by atoms with Crippen molar-refractivity contribution >= 4 is 29.7 Å². The van der Waals surface area contributed by atoms with Gasteiger partial charge in [0, 0.05) is 24.0 Å². The lowest BCUT2D eigenvalue weighted by atomic mass is 10.1. The van der Waals surface area contributed by atoms with E-state index in [0.717, 1.165) is 24.4 Å². The highest BCUT2D eigenvalue weighted by atomic mass is 35.5. The number of halogens is 1. The summed E-state index contributed by atoms with van der Waals surface area (Å²) >= 11 is 1.73. The van der Waals surface area contributed by atoms with E-state index in [2.05, 4.69) is 16.7 Å². The van der Waals surface area contributed by atoms with Crippen LogP contribution in [0.3, 0.4) is 0 Å². The molecule has 5 heteroatoms. The number of piperidine rings is 1. The van der Waals surface area contributed by atoms with Crippen LogP contribution in [-0.2, 0) is 12.8 Å². The fourth-order valence-electron chi connectivity index (χ4n) is 3.63. The summed E-state index contributed by atoms with van der Waals surface area (Å²) < 4.78 is 0. The fraction of sp³-hybridized carbons (Fsp3) is 0.667. The quantitative estimate of drug-likeness (QED) is 0.823. The third-order valence-electron chi connectivity index (χ3n) is 4.86. The first-order valence-electron chi connectivity index (χ1n) is 7.46. The Hall–Kier alpha value is -0.580. The lowest BCUT2D eigenvalue weighted by molar-refractivity contribution is 0.0950. The minimum absolute atomic E-state index is 0. The minimum Gasteiger partial charge on any atom is -0.348 e. The van der Waals surface area contributed by atoms with E-state index in [1.807, 2.05) is 0 Å². The maximum atomic E-state index is 12.3. The van der Waals surface area contributed by atoms with E-state index < -0.39 is 0 Å². The zero-order chi connectivity index (χ0) is 12.8. The smallest absolute Gasteiger partial charge is 0.261 e. The van der Waals surface area contributed by atoms with Gasteiger partial charge in [0.2, 0.25) is 0 Å². The van der Waals surface area contributed by atoms with Gasteiger partial charge in [0.25, 0.3) is 5.91 Å². The van der Waals surface area contributed by atoms with Gasteiger partial charge in [-0.15, -0.1) is 23.7 Å². The van der Waals surface area contributed by atoms with Crippen LogP contribution < -0.4 is 10.6 Å². The third kappa shape index (κ3) is 2.49. The Bertz CT molecular complexity index is 482. The molecular formula is C15H21ClN2OS. The Morgan fingerprint density at radius 3 is 2.75 bits per heavy atom. The molecule has 1 amide bonds. The monoisotopic (exact) mass is 312 g/mol. The molecule has 2 aliphatic carbocycles. The predicted octanol–water partition coefficient (Wildman–Crippen LogP) is 2.39. The van der Waals surface area contributed by atoms with Crippen molar-refractivity contribution in [3.63, 3.8) is 0 Å². The number of hydrogen-bond donors (Lipinski definition) is 2. The Morgan fingerprint density at radius 1 is 1.20 bits per heavy atom. The molecule has 1 aliphatic heterocycles. The molecule has 110 valence electrons. The molecule has 3 nitrogen and oxygen atoms in total. The summed E-state index contributed by atoms with van der Waals surface area (Å²) in [5.41, 5.74) is 1.44. The van der Waals surface area contributed by atoms with Crippen LogP contribution in [0.5, 0.6) is 0 Å². The zero-order valence-corrected chi connectivity index (χ0v) is 13.1. The van der Waals surface area contributed by atoms with Gasteiger partial charge in [0.1, 0.15) is 0 Å². The van der Waals surface area contributed by atoms with Gasteiger partial charge in [0.15, 0.2) is 0 Å². The van der Waals surface area contributed by atoms with E-state index in [1.54, 1.807) is 11.3 Å². The number of thiophene rings is 1. The van der Waals surface area contributed by atoms with Crippen molar-refractivity contribution in [3.05, 3.63) is 21.4 Å². The van der Waals surface area contributed by atoms with Crippen LogP contribution in [0.25, 0.3) is 0 Å². The first kappa shape index (κ1) is 14.4. The summed E-state index contributed by atoms with van der Waals surface area (Å²) in [7, 11) is 0. The average molecular weight is 313 g/mol. The maximum Gasteiger partial charge on any atom is 0.261 e. The fourth-order valence-corrected chi connectivity index (χ4v) is 4.79. The summed E-state index contributed by atoms with van der Waals surface area (Å²) in [4.78, 5) is 14.7. The average Bonchev–Trinajstić information content (AvgIpc) is 2.78. The van der Waals surface area contributed by atoms with Crippen molar-refractivity contribution < 1.29 is 4.79 Å². The van der Waals surface area contributed by atoms with Crippen LogP contribution in [0.15, 0.2) is 6.07 Å². The van der Waals surface area contributed by atoms with Gasteiger partial charge in [-0.25, -0.2) is 0 Å². The van der Waals surface area contributed by atoms with E-state index in [1.165, 1.54) is 36.1 Å². The predicted molar refractivity (Wildman–Crippen MR) is 83.9 cm³/mol. The van der Waals surface area contributed by atoms with Crippen molar-refractivity contribution in [2.75, 3.05) is 13.1 Å². The SMILES string of the molecule is Cl.O=C(NC1C2CNCC21)c1cc2c(s1)CCCCC2. The molecule has 1 saturated carbocycles. The molecule has 2 N–H and O–H groups in total. The van der Waals surface area contributed by atoms with Gasteiger partial charge in [-0.2, -0.15) is 0 Å². The van der Waals surface area contributed by atoms with E-state index in [0.29, 0.717) is 17.9 Å². The molecule has 0 spiro atoms. The number of amides is 1. The molecule has 2 unspecified atom stereocenters. The van der Waals surface area contributed by atoms with Crippen molar-refractivity contribution in [1.29, 1.82) is 0 Å². The highest BCUT2D eigenvalue weighted by Crippen LogP contribution is 2.42. The Labute approximate surface area is 129 Å². The third-order valence-corrected chi connectivity index (χ3v) is 6.10. The van der Waals surface area contributed by atoms with Gasteiger partial charge >= 0.3 is 0 Å². The molecule has 2 heterocycles. The highest BCUT2D eigenvalue weighted by Gasteiger charge is 2.53. The van der Waals surface area contributed by atoms with Gasteiger partial charge < -0.3 is 10.6 Å². The number of carbonyl (C=O) groups is 1. The Balaban J connectivity index is 0.00000121. The van der Waals surface area contributed by atoms with E-state index >= 15 is 0 Å². The second-order valence-corrected chi connectivity index (χ2v) is 7.24. The molecule has 2 atom stereocenters. The summed E-state index contributed by atoms with van der Waals surface area (Å²) in [5.74, 6) is 1.56. The number of nitrogens with one attached hydrogen (secondary N) is 2. The van der Waals surface area contributed by atoms with E-state index in [-0.39, 0.29) is 18.3 Å². The number of carbonyl (C=O) groups excluding carboxylic acids is 1. The van der Waals surface area contributed by atoms with Gasteiger partial charge in [-0.3, -0.25) is 4.79 Å². The lowest BCUT2D eigenvalue weighted by Gasteiger charge is -2.06. The molecule has 1 saturated heterocycles. The number of aryl methyl sites for hydroxylation is 2. The first-order valence-corrected chi connectivity index (χ1v) is 8.28. The molecule has 1 aromatic heterocycles. The van der Waals surface area contributed by atoms with Crippen LogP contribution in [-0.4, -0.2) is 25.0 Å². The standard InChI is InChI=1S/C15H20N2OS.ClH/c18-15(17-14-10-7-16-8-11(10)14)13-6-9-4-2-1-3-5-12(9)19-13;/h6,10-11,14,16H,1-5,7-8H2,(H,17,18);1H. The van der Waals surface area contributed by atoms with Crippen molar-refractivity contribution in [3.8, 4) is 0 Å². The summed E-state index contributed by atoms with van der Waals surface area (Å²) in [6.45, 7) is 2.16. The molecule has 20 heavy (non-hydrogen) atoms. The van der Waals surface area contributed by atoms with Crippen molar-refractivity contribution in [2.24, 2.45) is 11.8 Å². The first-order chi connectivity index (χ1) is 9.33. The summed E-state index contributed by atoms with van der Waals surface area (Å²) in [6, 6.07) is 2.59. The van der Waals surface area contributed by atoms with E-state index in [4.69, 9.17) is 0 Å². The van der Waals surface area contributed by atoms with Crippen LogP contribution in [0.4, 0.5) is 0 Å². The van der Waals surface area contributed by atoms with Crippen molar-refractivity contribution in [1.82, 2.24) is 10.6 Å². The topological polar surface area (TPSA) is 41.1 Å². The van der Waals surface area contributed by atoms with Crippen LogP contribution in [0.2, 0.25) is 0 Å². The molecule has 4 rings (SSSR count). The Morgan fingerprint density at radius 2 is 1.95 bits per heavy atom. The van der Waals surface area contributed by atoms with Gasteiger partial charge in [0.05, 0.1) is 4.88 Å². The summed E-state index contributed by atoms with van der Waals surface area (Å²) in [5, 5.41) is 6.59. The number of hydrogen-bond acceptors (Lipinski definition) is 3. The van der Waals surface area contributed by atoms with Gasteiger partial charge in [-0.05, 0) is 49.1 Å². The number of rotatable bonds is 2. The van der Waals surface area contributed by atoms with Gasteiger partial charge in [-0.1, -0.05) is 6.42 Å². The molecule has 0 radical (unpaired) electrons. The molecule has 3 aliphatic rings. The molecule has 0 bridgehead atoms. The van der Waals surface area contributed by atoms with Crippen LogP contribution in [0, 0.1) is 11.8 Å². The molecule has 0 aromatic carbocycles. The normalized spacial score (nSPS) is 30.7. The largest absolute Gasteiger partial charge is 0.348 e. The Kier molecular flexibility index (Phi) is 4.07. The van der Waals surface area contributed by atoms with Crippen LogP contribution >= 0.6 is 23.7 Å². The zero-order valence-electron chi connectivity index (χ0n) is 11.5. The highest BCUT2D eigenvalue weighted by molar-refractivity contribution is 7.14. The molecule has 2 fully saturated rings. The van der Waals surface area contributed by atoms with Crippen LogP contribution in [0.1, 0.15) is 39.4 Å². The van der Waals surface area contributed by atoms with Crippen molar-refractivity contribution in [2.45, 2.75) is 38.1 Å².